The number of carbonyl (C=O) groups excluding carboxylic acids is 1. The number of aromatic hydroxyl groups is 1. The topological polar surface area (TPSA) is 49.3 Å². The van der Waals surface area contributed by atoms with Crippen molar-refractivity contribution in [2.45, 2.75) is 39.7 Å². The molecule has 1 aromatic rings. The van der Waals surface area contributed by atoms with Crippen LogP contribution in [0.5, 0.6) is 5.75 Å². The minimum atomic E-state index is -0.203. The molecule has 0 fully saturated rings. The zero-order valence-corrected chi connectivity index (χ0v) is 13.2. The lowest BCUT2D eigenvalue weighted by Gasteiger charge is -2.22. The van der Waals surface area contributed by atoms with E-state index < -0.39 is 0 Å². The second-order valence-electron chi connectivity index (χ2n) is 4.50. The molecule has 2 N–H and O–H groups in total. The molecule has 1 amide bonds. The maximum atomic E-state index is 12.1. The van der Waals surface area contributed by atoms with Crippen LogP contribution in [0, 0.1) is 9.49 Å². The van der Waals surface area contributed by atoms with Gasteiger partial charge in [0.05, 0.1) is 5.56 Å². The Morgan fingerprint density at radius 3 is 2.56 bits per heavy atom. The lowest BCUT2D eigenvalue weighted by molar-refractivity contribution is 0.0922. The Labute approximate surface area is 122 Å². The van der Waals surface area contributed by atoms with Gasteiger partial charge in [0.1, 0.15) is 5.75 Å². The summed E-state index contributed by atoms with van der Waals surface area (Å²) >= 11 is 2.13. The minimum Gasteiger partial charge on any atom is -0.507 e. The number of halogens is 1. The number of phenols is 1. The fourth-order valence-corrected chi connectivity index (χ4v) is 2.58. The highest BCUT2D eigenvalue weighted by atomic mass is 127. The van der Waals surface area contributed by atoms with Crippen LogP contribution in [0.3, 0.4) is 0 Å². The van der Waals surface area contributed by atoms with Crippen LogP contribution in [0.15, 0.2) is 18.2 Å². The van der Waals surface area contributed by atoms with Gasteiger partial charge in [-0.1, -0.05) is 26.7 Å². The first-order chi connectivity index (χ1) is 8.49. The molecule has 100 valence electrons. The number of hydrogen-bond donors (Lipinski definition) is 2. The maximum Gasteiger partial charge on any atom is 0.255 e. The Morgan fingerprint density at radius 1 is 1.39 bits per heavy atom. The molecule has 18 heavy (non-hydrogen) atoms. The molecular formula is C14H20INO2. The van der Waals surface area contributed by atoms with Gasteiger partial charge in [0.25, 0.3) is 5.91 Å². The zero-order chi connectivity index (χ0) is 13.7. The van der Waals surface area contributed by atoms with Gasteiger partial charge in [0.15, 0.2) is 0 Å². The molecule has 0 radical (unpaired) electrons. The van der Waals surface area contributed by atoms with Gasteiger partial charge in [-0.05, 0) is 53.6 Å². The zero-order valence-electron chi connectivity index (χ0n) is 11.0. The van der Waals surface area contributed by atoms with Crippen LogP contribution in [0.25, 0.3) is 0 Å². The van der Waals surface area contributed by atoms with Crippen LogP contribution in [-0.2, 0) is 0 Å². The van der Waals surface area contributed by atoms with Gasteiger partial charge in [0.2, 0.25) is 0 Å². The van der Waals surface area contributed by atoms with Crippen molar-refractivity contribution in [3.05, 3.63) is 27.3 Å². The molecule has 4 heteroatoms. The molecule has 0 saturated heterocycles. The number of benzene rings is 1. The summed E-state index contributed by atoms with van der Waals surface area (Å²) < 4.78 is 0.936. The van der Waals surface area contributed by atoms with Crippen molar-refractivity contribution in [1.82, 2.24) is 5.32 Å². The third kappa shape index (κ3) is 3.86. The summed E-state index contributed by atoms with van der Waals surface area (Å²) in [6.07, 6.45) is 2.08. The average molecular weight is 361 g/mol. The van der Waals surface area contributed by atoms with Gasteiger partial charge in [0, 0.05) is 9.61 Å². The first kappa shape index (κ1) is 15.3. The van der Waals surface area contributed by atoms with Crippen LogP contribution in [0.2, 0.25) is 0 Å². The third-order valence-corrected chi connectivity index (χ3v) is 3.99. The second kappa shape index (κ2) is 6.97. The predicted octanol–water partition coefficient (Wildman–Crippen LogP) is 3.55. The summed E-state index contributed by atoms with van der Waals surface area (Å²) in [5, 5.41) is 12.7. The number of carbonyl (C=O) groups is 1. The van der Waals surface area contributed by atoms with Crippen molar-refractivity contribution >= 4 is 28.5 Å². The first-order valence-corrected chi connectivity index (χ1v) is 7.36. The van der Waals surface area contributed by atoms with Crippen LogP contribution in [0.4, 0.5) is 0 Å². The molecule has 3 nitrogen and oxygen atoms in total. The van der Waals surface area contributed by atoms with Crippen LogP contribution >= 0.6 is 22.6 Å². The van der Waals surface area contributed by atoms with Gasteiger partial charge >= 0.3 is 0 Å². The summed E-state index contributed by atoms with van der Waals surface area (Å²) in [4.78, 5) is 12.1. The van der Waals surface area contributed by atoms with Crippen molar-refractivity contribution in [1.29, 1.82) is 0 Å². The SMILES string of the molecule is CCC(CC)C(C)NC(=O)c1cc(I)ccc1O. The molecule has 0 aliphatic carbocycles. The van der Waals surface area contributed by atoms with Crippen molar-refractivity contribution < 1.29 is 9.90 Å². The Balaban J connectivity index is 2.79. The van der Waals surface area contributed by atoms with Crippen LogP contribution in [-0.4, -0.2) is 17.1 Å². The van der Waals surface area contributed by atoms with Crippen LogP contribution in [0.1, 0.15) is 44.0 Å². The van der Waals surface area contributed by atoms with Gasteiger partial charge in [-0.25, -0.2) is 0 Å². The van der Waals surface area contributed by atoms with Crippen molar-refractivity contribution in [3.8, 4) is 5.75 Å². The third-order valence-electron chi connectivity index (χ3n) is 3.32. The van der Waals surface area contributed by atoms with E-state index in [2.05, 4.69) is 41.8 Å². The minimum absolute atomic E-state index is 0.0321. The molecule has 1 atom stereocenters. The Hall–Kier alpha value is -0.780. The fraction of sp³-hybridized carbons (Fsp3) is 0.500. The summed E-state index contributed by atoms with van der Waals surface area (Å²) in [7, 11) is 0. The Bertz CT molecular complexity index is 416. The number of phenolic OH excluding ortho intramolecular Hbond substituents is 1. The van der Waals surface area contributed by atoms with E-state index in [-0.39, 0.29) is 17.7 Å². The number of nitrogens with one attached hydrogen (secondary N) is 1. The summed E-state index contributed by atoms with van der Waals surface area (Å²) in [6.45, 7) is 6.26. The molecule has 0 spiro atoms. The highest BCUT2D eigenvalue weighted by Gasteiger charge is 2.18. The molecule has 0 saturated carbocycles. The van der Waals surface area contributed by atoms with E-state index in [1.165, 1.54) is 0 Å². The highest BCUT2D eigenvalue weighted by molar-refractivity contribution is 14.1. The summed E-state index contributed by atoms with van der Waals surface area (Å²) in [5.74, 6) is 0.300. The Morgan fingerprint density at radius 2 is 2.00 bits per heavy atom. The number of rotatable bonds is 5. The molecule has 1 unspecified atom stereocenters. The standard InChI is InChI=1S/C14H20INO2/c1-4-10(5-2)9(3)16-14(18)12-8-11(15)6-7-13(12)17/h6-10,17H,4-5H2,1-3H3,(H,16,18). The quantitative estimate of drug-likeness (QED) is 0.788. The molecule has 0 aliphatic rings. The van der Waals surface area contributed by atoms with E-state index in [4.69, 9.17) is 0 Å². The molecule has 0 aromatic heterocycles. The lowest BCUT2D eigenvalue weighted by Crippen LogP contribution is -2.37. The molecule has 0 bridgehead atoms. The fourth-order valence-electron chi connectivity index (χ4n) is 2.09. The molecular weight excluding hydrogens is 341 g/mol. The summed E-state index contributed by atoms with van der Waals surface area (Å²) in [5.41, 5.74) is 0.347. The summed E-state index contributed by atoms with van der Waals surface area (Å²) in [6, 6.07) is 5.14. The van der Waals surface area contributed by atoms with Crippen LogP contribution < -0.4 is 5.32 Å². The second-order valence-corrected chi connectivity index (χ2v) is 5.75. The largest absolute Gasteiger partial charge is 0.507 e. The van der Waals surface area contributed by atoms with E-state index in [0.29, 0.717) is 11.5 Å². The van der Waals surface area contributed by atoms with Gasteiger partial charge < -0.3 is 10.4 Å². The van der Waals surface area contributed by atoms with E-state index in [9.17, 15) is 9.90 Å². The average Bonchev–Trinajstić information content (AvgIpc) is 2.33. The normalized spacial score (nSPS) is 12.5. The van der Waals surface area contributed by atoms with Crippen molar-refractivity contribution in [2.75, 3.05) is 0 Å². The van der Waals surface area contributed by atoms with E-state index in [0.717, 1.165) is 16.4 Å². The van der Waals surface area contributed by atoms with Gasteiger partial charge in [-0.2, -0.15) is 0 Å². The maximum absolute atomic E-state index is 12.1. The monoisotopic (exact) mass is 361 g/mol. The Kier molecular flexibility index (Phi) is 5.91. The predicted molar refractivity (Wildman–Crippen MR) is 81.8 cm³/mol. The number of amides is 1. The van der Waals surface area contributed by atoms with Crippen molar-refractivity contribution in [3.63, 3.8) is 0 Å². The lowest BCUT2D eigenvalue weighted by atomic mass is 9.95. The van der Waals surface area contributed by atoms with Gasteiger partial charge in [-0.15, -0.1) is 0 Å². The molecule has 1 rings (SSSR count). The molecule has 1 aromatic carbocycles. The van der Waals surface area contributed by atoms with Crippen molar-refractivity contribution in [2.24, 2.45) is 5.92 Å². The van der Waals surface area contributed by atoms with E-state index in [1.54, 1.807) is 18.2 Å². The first-order valence-electron chi connectivity index (χ1n) is 6.28. The van der Waals surface area contributed by atoms with Gasteiger partial charge in [-0.3, -0.25) is 4.79 Å². The van der Waals surface area contributed by atoms with E-state index >= 15 is 0 Å². The highest BCUT2D eigenvalue weighted by Crippen LogP contribution is 2.20. The van der Waals surface area contributed by atoms with E-state index in [1.807, 2.05) is 6.92 Å². The number of hydrogen-bond acceptors (Lipinski definition) is 2. The smallest absolute Gasteiger partial charge is 0.255 e. The molecule has 0 heterocycles. The molecule has 0 aliphatic heterocycles.